The molecule has 0 saturated carbocycles. The molecule has 3 amide bonds. The molecule has 1 aliphatic heterocycles. The van der Waals surface area contributed by atoms with Crippen LogP contribution in [0.1, 0.15) is 25.3 Å². The van der Waals surface area contributed by atoms with Crippen LogP contribution >= 0.6 is 0 Å². The monoisotopic (exact) mass is 349 g/mol. The summed E-state index contributed by atoms with van der Waals surface area (Å²) in [6, 6.07) is 6.96. The Morgan fingerprint density at radius 1 is 1.28 bits per heavy atom. The fraction of sp³-hybridized carbons (Fsp3) is 0.556. The van der Waals surface area contributed by atoms with Crippen molar-refractivity contribution in [2.75, 3.05) is 33.9 Å². The van der Waals surface area contributed by atoms with Crippen molar-refractivity contribution in [1.29, 1.82) is 0 Å². The Labute approximate surface area is 148 Å². The Morgan fingerprint density at radius 2 is 1.96 bits per heavy atom. The van der Waals surface area contributed by atoms with Crippen LogP contribution < -0.4 is 20.7 Å². The molecule has 7 nitrogen and oxygen atoms in total. The zero-order valence-electron chi connectivity index (χ0n) is 15.1. The van der Waals surface area contributed by atoms with Gasteiger partial charge in [0.2, 0.25) is 5.91 Å². The molecule has 1 fully saturated rings. The summed E-state index contributed by atoms with van der Waals surface area (Å²) >= 11 is 0. The van der Waals surface area contributed by atoms with Crippen LogP contribution in [0.5, 0.6) is 5.75 Å². The summed E-state index contributed by atoms with van der Waals surface area (Å²) < 4.78 is 11.1. The normalized spacial score (nSPS) is 17.4. The number of hydrogen-bond donors (Lipinski definition) is 3. The third kappa shape index (κ3) is 4.70. The van der Waals surface area contributed by atoms with Gasteiger partial charge in [-0.2, -0.15) is 0 Å². The molecule has 7 heteroatoms. The molecule has 0 bridgehead atoms. The topological polar surface area (TPSA) is 88.7 Å². The summed E-state index contributed by atoms with van der Waals surface area (Å²) in [6.07, 6.45) is 1.67. The van der Waals surface area contributed by atoms with Crippen LogP contribution in [0.15, 0.2) is 24.3 Å². The number of amides is 3. The molecular weight excluding hydrogens is 322 g/mol. The van der Waals surface area contributed by atoms with E-state index in [9.17, 15) is 9.59 Å². The van der Waals surface area contributed by atoms with E-state index in [0.29, 0.717) is 19.8 Å². The van der Waals surface area contributed by atoms with Crippen LogP contribution in [-0.2, 0) is 14.9 Å². The van der Waals surface area contributed by atoms with Crippen LogP contribution in [0.3, 0.4) is 0 Å². The van der Waals surface area contributed by atoms with Crippen LogP contribution in [0.2, 0.25) is 0 Å². The van der Waals surface area contributed by atoms with Gasteiger partial charge < -0.3 is 20.1 Å². The second-order valence-electron chi connectivity index (χ2n) is 6.26. The number of nitrogens with one attached hydrogen (secondary N) is 3. The number of para-hydroxylation sites is 1. The number of ether oxygens (including phenoxy) is 2. The number of carbonyl (C=O) groups is 2. The van der Waals surface area contributed by atoms with Crippen molar-refractivity contribution in [3.05, 3.63) is 29.8 Å². The fourth-order valence-electron chi connectivity index (χ4n) is 3.11. The maximum Gasteiger partial charge on any atom is 0.321 e. The largest absolute Gasteiger partial charge is 0.496 e. The molecular formula is C18H27N3O4. The SMILES string of the molecule is CNC(=O)NC(=O)[C@H](C)NCC1(c2ccccc2OC)CCOCC1. The molecule has 3 N–H and O–H groups in total. The zero-order chi connectivity index (χ0) is 18.3. The van der Waals surface area contributed by atoms with Crippen molar-refractivity contribution in [3.63, 3.8) is 0 Å². The van der Waals surface area contributed by atoms with Crippen molar-refractivity contribution in [2.24, 2.45) is 0 Å². The van der Waals surface area contributed by atoms with E-state index in [2.05, 4.69) is 22.0 Å². The highest BCUT2D eigenvalue weighted by Crippen LogP contribution is 2.39. The Bertz CT molecular complexity index is 600. The first-order valence-corrected chi connectivity index (χ1v) is 8.49. The lowest BCUT2D eigenvalue weighted by Gasteiger charge is -2.39. The summed E-state index contributed by atoms with van der Waals surface area (Å²) in [5.41, 5.74) is 0.944. The lowest BCUT2D eigenvalue weighted by atomic mass is 9.73. The molecule has 0 aromatic heterocycles. The first kappa shape index (κ1) is 19.2. The molecule has 1 aromatic carbocycles. The molecule has 1 aromatic rings. The van der Waals surface area contributed by atoms with Crippen molar-refractivity contribution >= 4 is 11.9 Å². The van der Waals surface area contributed by atoms with E-state index in [1.54, 1.807) is 14.0 Å². The second kappa shape index (κ2) is 8.82. The van der Waals surface area contributed by atoms with E-state index in [1.807, 2.05) is 18.2 Å². The van der Waals surface area contributed by atoms with Gasteiger partial charge in [-0.3, -0.25) is 10.1 Å². The highest BCUT2D eigenvalue weighted by Gasteiger charge is 2.37. The lowest BCUT2D eigenvalue weighted by Crippen LogP contribution is -2.51. The number of benzene rings is 1. The van der Waals surface area contributed by atoms with Crippen LogP contribution in [0, 0.1) is 0 Å². The lowest BCUT2D eigenvalue weighted by molar-refractivity contribution is -0.121. The average Bonchev–Trinajstić information content (AvgIpc) is 2.66. The fourth-order valence-corrected chi connectivity index (χ4v) is 3.11. The molecule has 0 spiro atoms. The van der Waals surface area contributed by atoms with Crippen molar-refractivity contribution in [1.82, 2.24) is 16.0 Å². The van der Waals surface area contributed by atoms with Gasteiger partial charge in [-0.1, -0.05) is 18.2 Å². The minimum absolute atomic E-state index is 0.174. The predicted molar refractivity (Wildman–Crippen MR) is 94.8 cm³/mol. The summed E-state index contributed by atoms with van der Waals surface area (Å²) in [5.74, 6) is 0.482. The zero-order valence-corrected chi connectivity index (χ0v) is 15.1. The standard InChI is InChI=1S/C18H27N3O4/c1-13(16(22)21-17(23)19-2)20-12-18(8-10-25-11-9-18)14-6-4-5-7-15(14)24-3/h4-7,13,20H,8-12H2,1-3H3,(H2,19,21,22,23)/t13-/m0/s1. The molecule has 0 aliphatic carbocycles. The van der Waals surface area contributed by atoms with Crippen molar-refractivity contribution < 1.29 is 19.1 Å². The third-order valence-corrected chi connectivity index (χ3v) is 4.73. The van der Waals surface area contributed by atoms with E-state index in [1.165, 1.54) is 7.05 Å². The van der Waals surface area contributed by atoms with E-state index in [0.717, 1.165) is 24.2 Å². The second-order valence-corrected chi connectivity index (χ2v) is 6.26. The smallest absolute Gasteiger partial charge is 0.321 e. The van der Waals surface area contributed by atoms with Gasteiger partial charge >= 0.3 is 6.03 Å². The minimum atomic E-state index is -0.510. The summed E-state index contributed by atoms with van der Waals surface area (Å²) in [5, 5.41) is 7.93. The summed E-state index contributed by atoms with van der Waals surface area (Å²) in [7, 11) is 3.14. The molecule has 2 rings (SSSR count). The molecule has 1 aliphatic rings. The Hall–Kier alpha value is -2.12. The van der Waals surface area contributed by atoms with Gasteiger partial charge in [0.05, 0.1) is 13.2 Å². The summed E-state index contributed by atoms with van der Waals surface area (Å²) in [6.45, 7) is 3.67. The van der Waals surface area contributed by atoms with E-state index < -0.39 is 12.1 Å². The predicted octanol–water partition coefficient (Wildman–Crippen LogP) is 1.18. The third-order valence-electron chi connectivity index (χ3n) is 4.73. The molecule has 25 heavy (non-hydrogen) atoms. The highest BCUT2D eigenvalue weighted by atomic mass is 16.5. The van der Waals surface area contributed by atoms with Gasteiger partial charge in [0.25, 0.3) is 0 Å². The number of hydrogen-bond acceptors (Lipinski definition) is 5. The Morgan fingerprint density at radius 3 is 2.60 bits per heavy atom. The number of rotatable bonds is 6. The van der Waals surface area contributed by atoms with Gasteiger partial charge in [0, 0.05) is 37.8 Å². The van der Waals surface area contributed by atoms with Gasteiger partial charge in [-0.25, -0.2) is 4.79 Å². The molecule has 1 saturated heterocycles. The molecule has 1 heterocycles. The molecule has 0 unspecified atom stereocenters. The van der Waals surface area contributed by atoms with Crippen molar-refractivity contribution in [3.8, 4) is 5.75 Å². The van der Waals surface area contributed by atoms with Crippen LogP contribution in [0.4, 0.5) is 4.79 Å². The number of imide groups is 1. The van der Waals surface area contributed by atoms with Gasteiger partial charge in [0.15, 0.2) is 0 Å². The van der Waals surface area contributed by atoms with Gasteiger partial charge in [-0.05, 0) is 25.8 Å². The molecule has 1 atom stereocenters. The Balaban J connectivity index is 2.13. The molecule has 0 radical (unpaired) electrons. The van der Waals surface area contributed by atoms with Gasteiger partial charge in [-0.15, -0.1) is 0 Å². The summed E-state index contributed by atoms with van der Waals surface area (Å²) in [4.78, 5) is 23.4. The van der Waals surface area contributed by atoms with Gasteiger partial charge in [0.1, 0.15) is 5.75 Å². The van der Waals surface area contributed by atoms with Crippen LogP contribution in [0.25, 0.3) is 0 Å². The molecule has 138 valence electrons. The number of urea groups is 1. The first-order valence-electron chi connectivity index (χ1n) is 8.49. The van der Waals surface area contributed by atoms with E-state index in [4.69, 9.17) is 9.47 Å². The highest BCUT2D eigenvalue weighted by molar-refractivity contribution is 5.96. The minimum Gasteiger partial charge on any atom is -0.496 e. The van der Waals surface area contributed by atoms with Crippen LogP contribution in [-0.4, -0.2) is 51.9 Å². The maximum absolute atomic E-state index is 12.1. The quantitative estimate of drug-likeness (QED) is 0.718. The number of carbonyl (C=O) groups excluding carboxylic acids is 2. The van der Waals surface area contributed by atoms with E-state index >= 15 is 0 Å². The Kier molecular flexibility index (Phi) is 6.78. The van der Waals surface area contributed by atoms with Crippen molar-refractivity contribution in [2.45, 2.75) is 31.2 Å². The maximum atomic E-state index is 12.1. The van der Waals surface area contributed by atoms with E-state index in [-0.39, 0.29) is 11.3 Å². The first-order chi connectivity index (χ1) is 12.0. The number of methoxy groups -OCH3 is 1. The average molecular weight is 349 g/mol.